The molecule has 0 aliphatic carbocycles. The van der Waals surface area contributed by atoms with E-state index < -0.39 is 35.2 Å². The molecule has 1 aromatic rings. The molecule has 3 amide bonds. The molecule has 13 nitrogen and oxygen atoms in total. The molecule has 6 N–H and O–H groups in total. The zero-order valence-corrected chi connectivity index (χ0v) is 19.5. The van der Waals surface area contributed by atoms with Crippen molar-refractivity contribution >= 4 is 59.9 Å². The molecule has 3 aliphatic heterocycles. The summed E-state index contributed by atoms with van der Waals surface area (Å²) in [5.41, 5.74) is 10.4. The molecule has 4 rings (SSSR count). The van der Waals surface area contributed by atoms with Gasteiger partial charge in [0.2, 0.25) is 12.3 Å². The third-order valence-corrected chi connectivity index (χ3v) is 7.74. The lowest BCUT2D eigenvalue weighted by atomic mass is 10.0. The van der Waals surface area contributed by atoms with Crippen molar-refractivity contribution < 1.29 is 24.3 Å². The molecule has 0 radical (unpaired) electrons. The van der Waals surface area contributed by atoms with E-state index in [1.165, 1.54) is 28.6 Å². The van der Waals surface area contributed by atoms with Gasteiger partial charge in [0, 0.05) is 24.2 Å². The predicted molar refractivity (Wildman–Crippen MR) is 126 cm³/mol. The van der Waals surface area contributed by atoms with Gasteiger partial charge >= 0.3 is 5.97 Å². The van der Waals surface area contributed by atoms with E-state index in [0.717, 1.165) is 0 Å². The Morgan fingerprint density at radius 2 is 2.15 bits per heavy atom. The minimum Gasteiger partial charge on any atom is -0.477 e. The third-order valence-electron chi connectivity index (χ3n) is 5.34. The minimum atomic E-state index is -1.20. The number of carbonyl (C=O) groups excluding carboxylic acids is 3. The largest absolute Gasteiger partial charge is 0.477 e. The van der Waals surface area contributed by atoms with Crippen LogP contribution < -0.4 is 21.9 Å². The summed E-state index contributed by atoms with van der Waals surface area (Å²) >= 11 is 2.69. The lowest BCUT2D eigenvalue weighted by Gasteiger charge is -2.49. The molecule has 1 aromatic carbocycles. The molecule has 3 atom stereocenters. The van der Waals surface area contributed by atoms with E-state index in [2.05, 4.69) is 21.3 Å². The number of amides is 3. The zero-order valence-electron chi connectivity index (χ0n) is 17.9. The van der Waals surface area contributed by atoms with Gasteiger partial charge in [0.25, 0.3) is 5.91 Å². The van der Waals surface area contributed by atoms with E-state index >= 15 is 0 Å². The van der Waals surface area contributed by atoms with E-state index in [1.54, 1.807) is 47.2 Å². The number of anilines is 1. The second kappa shape index (κ2) is 9.92. The van der Waals surface area contributed by atoms with Crippen LogP contribution in [0.1, 0.15) is 11.6 Å². The standard InChI is InChI=1S/C19H22N8O5S2/c1-25-8-22-24-27(25)34-7-11-6-33-18-14(17(30)26(18)15(11)19(31)32)23-16(29)13(20)10-2-4-12(5-3-10)21-9-28/h2-5,8-9,13-14,18,24H,6-7,20H2,1H3,(H,21,28)(H,23,29)(H,31,32)/t13?,14?,18-/m1/s1. The zero-order chi connectivity index (χ0) is 24.4. The Labute approximate surface area is 202 Å². The van der Waals surface area contributed by atoms with Crippen LogP contribution in [-0.2, 0) is 19.2 Å². The highest BCUT2D eigenvalue weighted by Gasteiger charge is 2.54. The maximum atomic E-state index is 12.8. The summed E-state index contributed by atoms with van der Waals surface area (Å²) in [5.74, 6) is -1.52. The number of carboxylic acid groups (broad SMARTS) is 1. The van der Waals surface area contributed by atoms with Crippen LogP contribution in [-0.4, -0.2) is 80.0 Å². The highest BCUT2D eigenvalue weighted by atomic mass is 32.2. The lowest BCUT2D eigenvalue weighted by Crippen LogP contribution is -2.71. The van der Waals surface area contributed by atoms with Gasteiger partial charge < -0.3 is 21.5 Å². The van der Waals surface area contributed by atoms with E-state index in [1.807, 2.05) is 0 Å². The van der Waals surface area contributed by atoms with Gasteiger partial charge in [-0.25, -0.2) is 10.3 Å². The van der Waals surface area contributed by atoms with Gasteiger partial charge in [-0.1, -0.05) is 16.7 Å². The summed E-state index contributed by atoms with van der Waals surface area (Å²) in [5, 5.41) is 20.0. The van der Waals surface area contributed by atoms with Crippen molar-refractivity contribution in [3.63, 3.8) is 0 Å². The molecule has 0 aromatic heterocycles. The molecule has 3 heterocycles. The lowest BCUT2D eigenvalue weighted by molar-refractivity contribution is -0.150. The second-order valence-electron chi connectivity index (χ2n) is 7.48. The number of aliphatic carboxylic acids is 1. The topological polar surface area (TPSA) is 173 Å². The smallest absolute Gasteiger partial charge is 0.352 e. The average molecular weight is 507 g/mol. The number of nitrogens with two attached hydrogens (primary N) is 1. The number of hydrazine groups is 2. The monoisotopic (exact) mass is 506 g/mol. The summed E-state index contributed by atoms with van der Waals surface area (Å²) < 4.78 is 1.63. The Kier molecular flexibility index (Phi) is 6.97. The number of hydrogen-bond acceptors (Lipinski definition) is 11. The maximum Gasteiger partial charge on any atom is 0.352 e. The molecule has 1 fully saturated rings. The van der Waals surface area contributed by atoms with E-state index in [0.29, 0.717) is 34.7 Å². The van der Waals surface area contributed by atoms with Crippen LogP contribution in [0.2, 0.25) is 0 Å². The first-order valence-corrected chi connectivity index (χ1v) is 12.0. The number of nitrogens with zero attached hydrogens (tertiary/aromatic N) is 4. The molecule has 15 heteroatoms. The molecule has 3 aliphatic rings. The maximum absolute atomic E-state index is 12.8. The first-order chi connectivity index (χ1) is 16.3. The van der Waals surface area contributed by atoms with Crippen molar-refractivity contribution in [1.29, 1.82) is 0 Å². The quantitative estimate of drug-likeness (QED) is 0.162. The van der Waals surface area contributed by atoms with Gasteiger partial charge in [-0.3, -0.25) is 24.3 Å². The Balaban J connectivity index is 1.40. The number of carbonyl (C=O) groups is 4. The van der Waals surface area contributed by atoms with Gasteiger partial charge in [0.05, 0.1) is 0 Å². The SMILES string of the molecule is CN1C=NNN1SCC1=C(C(=O)O)N2C(=O)C(NC(=O)C(N)c3ccc(NC=O)cc3)[C@H]2SC1. The molecule has 34 heavy (non-hydrogen) atoms. The van der Waals surface area contributed by atoms with Crippen LogP contribution >= 0.6 is 23.7 Å². The van der Waals surface area contributed by atoms with Crippen LogP contribution in [0.25, 0.3) is 0 Å². The number of hydrogen-bond donors (Lipinski definition) is 5. The van der Waals surface area contributed by atoms with Gasteiger partial charge in [-0.05, 0) is 35.2 Å². The molecule has 180 valence electrons. The van der Waals surface area contributed by atoms with Gasteiger partial charge in [0.15, 0.2) is 0 Å². The number of carboxylic acids is 1. The number of benzene rings is 1. The number of nitrogens with one attached hydrogen (secondary N) is 3. The number of fused-ring (bicyclic) bond motifs is 1. The van der Waals surface area contributed by atoms with Crippen molar-refractivity contribution in [2.75, 3.05) is 23.9 Å². The summed E-state index contributed by atoms with van der Waals surface area (Å²) in [6.07, 6.45) is 2.11. The van der Waals surface area contributed by atoms with Gasteiger partial charge in [-0.15, -0.1) is 11.8 Å². The second-order valence-corrected chi connectivity index (χ2v) is 9.48. The van der Waals surface area contributed by atoms with Crippen LogP contribution in [0.15, 0.2) is 40.6 Å². The van der Waals surface area contributed by atoms with Gasteiger partial charge in [-0.2, -0.15) is 5.10 Å². The fraction of sp³-hybridized carbons (Fsp3) is 0.316. The Bertz CT molecular complexity index is 1070. The summed E-state index contributed by atoms with van der Waals surface area (Å²) in [7, 11) is 1.78. The van der Waals surface area contributed by atoms with Gasteiger partial charge in [0.1, 0.15) is 29.5 Å². The highest BCUT2D eigenvalue weighted by molar-refractivity contribution is 8.00. The Morgan fingerprint density at radius 1 is 1.41 bits per heavy atom. The van der Waals surface area contributed by atoms with Crippen molar-refractivity contribution in [3.05, 3.63) is 41.1 Å². The van der Waals surface area contributed by atoms with Crippen molar-refractivity contribution in [2.24, 2.45) is 10.8 Å². The van der Waals surface area contributed by atoms with E-state index in [-0.39, 0.29) is 5.70 Å². The minimum absolute atomic E-state index is 0.0583. The first-order valence-electron chi connectivity index (χ1n) is 10.0. The fourth-order valence-corrected chi connectivity index (χ4v) is 5.90. The predicted octanol–water partition coefficient (Wildman–Crippen LogP) is -0.748. The number of β-lactam (4-membered cyclic amide) rings is 1. The average Bonchev–Trinajstić information content (AvgIpc) is 3.24. The molecule has 0 bridgehead atoms. The molecule has 1 saturated heterocycles. The summed E-state index contributed by atoms with van der Waals surface area (Å²) in [6.45, 7) is 0. The number of rotatable bonds is 9. The van der Waals surface area contributed by atoms with Crippen LogP contribution in [0.5, 0.6) is 0 Å². The third kappa shape index (κ3) is 4.54. The normalized spacial score (nSPS) is 22.6. The number of hydrazone groups is 1. The Morgan fingerprint density at radius 3 is 2.76 bits per heavy atom. The van der Waals surface area contributed by atoms with Crippen LogP contribution in [0.4, 0.5) is 5.69 Å². The van der Waals surface area contributed by atoms with Crippen molar-refractivity contribution in [2.45, 2.75) is 17.5 Å². The fourth-order valence-electron chi connectivity index (χ4n) is 3.58. The van der Waals surface area contributed by atoms with E-state index in [4.69, 9.17) is 5.73 Å². The summed E-state index contributed by atoms with van der Waals surface area (Å²) in [4.78, 5) is 49.3. The molecular weight excluding hydrogens is 484 g/mol. The first kappa shape index (κ1) is 23.9. The molecular formula is C19H22N8O5S2. The molecule has 0 saturated carbocycles. The highest BCUT2D eigenvalue weighted by Crippen LogP contribution is 2.41. The Hall–Kier alpha value is -3.27. The summed E-state index contributed by atoms with van der Waals surface area (Å²) in [6, 6.07) is 4.52. The molecule has 0 spiro atoms. The molecule has 2 unspecified atom stereocenters. The van der Waals surface area contributed by atoms with Crippen LogP contribution in [0.3, 0.4) is 0 Å². The van der Waals surface area contributed by atoms with E-state index in [9.17, 15) is 24.3 Å². The van der Waals surface area contributed by atoms with Crippen LogP contribution in [0, 0.1) is 0 Å². The van der Waals surface area contributed by atoms with Crippen molar-refractivity contribution in [3.8, 4) is 0 Å². The number of thioether (sulfide) groups is 1. The van der Waals surface area contributed by atoms with Crippen molar-refractivity contribution in [1.82, 2.24) is 25.3 Å².